The number of hydrogen-bond donors (Lipinski definition) is 2. The monoisotopic (exact) mass is 665 g/mol. The Morgan fingerprint density at radius 3 is 2.41 bits per heavy atom. The molecule has 3 aliphatic rings. The largest absolute Gasteiger partial charge is 0.496 e. The number of anilines is 3. The predicted octanol–water partition coefficient (Wildman–Crippen LogP) is 6.66. The molecule has 242 valence electrons. The van der Waals surface area contributed by atoms with Crippen LogP contribution in [0.5, 0.6) is 17.2 Å². The van der Waals surface area contributed by atoms with Crippen molar-refractivity contribution in [1.29, 1.82) is 0 Å². The smallest absolute Gasteiger partial charge is 0.226 e. The molecule has 2 N–H and O–H groups in total. The van der Waals surface area contributed by atoms with Gasteiger partial charge in [0, 0.05) is 72.0 Å². The maximum atomic E-state index is 12.9. The number of carbonyl (C=O) groups excluding carboxylic acids is 1. The third kappa shape index (κ3) is 5.70. The van der Waals surface area contributed by atoms with E-state index in [1.807, 2.05) is 63.6 Å². The number of aromatic nitrogens is 1. The number of morpholine rings is 1. The summed E-state index contributed by atoms with van der Waals surface area (Å²) in [5.41, 5.74) is 6.24. The predicted molar refractivity (Wildman–Crippen MR) is 183 cm³/mol. The van der Waals surface area contributed by atoms with Crippen molar-refractivity contribution >= 4 is 57.8 Å². The summed E-state index contributed by atoms with van der Waals surface area (Å²) >= 11 is 13.7. The summed E-state index contributed by atoms with van der Waals surface area (Å²) < 4.78 is 22.8. The molecule has 1 saturated heterocycles. The van der Waals surface area contributed by atoms with Crippen LogP contribution in [0.15, 0.2) is 42.9 Å². The molecule has 46 heavy (non-hydrogen) atoms. The molecule has 10 nitrogen and oxygen atoms in total. The highest BCUT2D eigenvalue weighted by molar-refractivity contribution is 6.40. The van der Waals surface area contributed by atoms with E-state index in [9.17, 15) is 4.79 Å². The number of nitrogens with zero attached hydrogens (tertiary/aromatic N) is 3. The molecule has 4 heterocycles. The van der Waals surface area contributed by atoms with Crippen LogP contribution >= 0.6 is 23.2 Å². The zero-order chi connectivity index (χ0) is 32.7. The van der Waals surface area contributed by atoms with Gasteiger partial charge in [-0.3, -0.25) is 9.78 Å². The van der Waals surface area contributed by atoms with Crippen LogP contribution in [0.2, 0.25) is 10.0 Å². The molecule has 2 aromatic carbocycles. The van der Waals surface area contributed by atoms with E-state index in [1.54, 1.807) is 27.4 Å². The molecule has 1 fully saturated rings. The molecule has 0 radical (unpaired) electrons. The van der Waals surface area contributed by atoms with Gasteiger partial charge in [0.15, 0.2) is 0 Å². The number of ether oxygens (including phenoxy) is 4. The second-order valence-electron chi connectivity index (χ2n) is 11.6. The molecule has 3 aromatic rings. The average molecular weight is 667 g/mol. The molecular formula is C34H37Cl2N5O5. The van der Waals surface area contributed by atoms with Crippen molar-refractivity contribution in [3.63, 3.8) is 0 Å². The van der Waals surface area contributed by atoms with Crippen molar-refractivity contribution in [2.75, 3.05) is 56.1 Å². The fourth-order valence-corrected chi connectivity index (χ4v) is 6.70. The Balaban J connectivity index is 1.47. The lowest BCUT2D eigenvalue weighted by molar-refractivity contribution is -0.118. The van der Waals surface area contributed by atoms with Crippen LogP contribution < -0.4 is 34.6 Å². The molecule has 6 rings (SSSR count). The van der Waals surface area contributed by atoms with Crippen molar-refractivity contribution < 1.29 is 23.7 Å². The van der Waals surface area contributed by atoms with Crippen molar-refractivity contribution in [2.45, 2.75) is 33.0 Å². The molecule has 1 amide bonds. The van der Waals surface area contributed by atoms with E-state index in [-0.39, 0.29) is 24.1 Å². The number of amides is 1. The van der Waals surface area contributed by atoms with Gasteiger partial charge < -0.3 is 39.4 Å². The molecule has 2 atom stereocenters. The Labute approximate surface area is 278 Å². The Hall–Kier alpha value is -4.12. The number of fused-ring (bicyclic) bond motifs is 3. The van der Waals surface area contributed by atoms with E-state index >= 15 is 0 Å². The van der Waals surface area contributed by atoms with Crippen LogP contribution in [0.25, 0.3) is 22.9 Å². The normalized spacial score (nSPS) is 18.5. The summed E-state index contributed by atoms with van der Waals surface area (Å²) in [4.78, 5) is 22.1. The van der Waals surface area contributed by atoms with Crippen LogP contribution in [-0.4, -0.2) is 64.2 Å². The molecule has 3 aliphatic heterocycles. The van der Waals surface area contributed by atoms with Crippen molar-refractivity contribution in [1.82, 2.24) is 10.3 Å². The third-order valence-electron chi connectivity index (χ3n) is 8.38. The minimum atomic E-state index is -0.303. The lowest BCUT2D eigenvalue weighted by atomic mass is 9.94. The summed E-state index contributed by atoms with van der Waals surface area (Å²) in [6.45, 7) is 7.79. The Morgan fingerprint density at radius 2 is 1.76 bits per heavy atom. The number of nitrogens with one attached hydrogen (secondary N) is 2. The number of benzene rings is 2. The first-order valence-corrected chi connectivity index (χ1v) is 15.8. The summed E-state index contributed by atoms with van der Waals surface area (Å²) in [5, 5.41) is 7.33. The number of pyridine rings is 1. The molecule has 0 spiro atoms. The molecule has 1 aromatic heterocycles. The highest BCUT2D eigenvalue weighted by Crippen LogP contribution is 2.49. The topological polar surface area (TPSA) is 97.4 Å². The highest BCUT2D eigenvalue weighted by Gasteiger charge is 2.35. The quantitative estimate of drug-likeness (QED) is 0.274. The van der Waals surface area contributed by atoms with Gasteiger partial charge >= 0.3 is 0 Å². The highest BCUT2D eigenvalue weighted by atomic mass is 35.5. The standard InChI is InChI=1S/C34H37Cl2N5O5/c1-18(2)34(42)39-24-12-21(27(43-4)14-26(24)40-9-10-46-19(3)17-40)23-13-25-20(16-38-23)11-22(33-37-7-8-41(25)33)30-31(35)28(44-5)15-29(45-6)32(30)36/h7-8,11-16,18-19,33,37H,9-10,17H2,1-6H3,(H,39,42)/t19-,33?/m0/s1. The van der Waals surface area contributed by atoms with Crippen molar-refractivity contribution in [3.05, 3.63) is 64.0 Å². The van der Waals surface area contributed by atoms with Gasteiger partial charge in [-0.05, 0) is 25.1 Å². The van der Waals surface area contributed by atoms with E-state index in [2.05, 4.69) is 20.4 Å². The molecule has 0 bridgehead atoms. The number of hydrogen-bond acceptors (Lipinski definition) is 9. The van der Waals surface area contributed by atoms with Gasteiger partial charge in [-0.15, -0.1) is 0 Å². The fraction of sp³-hybridized carbons (Fsp3) is 0.353. The summed E-state index contributed by atoms with van der Waals surface area (Å²) in [5.74, 6) is 1.29. The maximum absolute atomic E-state index is 12.9. The second kappa shape index (κ2) is 12.9. The summed E-state index contributed by atoms with van der Waals surface area (Å²) in [6.07, 6.45) is 7.44. The summed E-state index contributed by atoms with van der Waals surface area (Å²) in [7, 11) is 4.75. The molecule has 12 heteroatoms. The van der Waals surface area contributed by atoms with Crippen LogP contribution in [0.3, 0.4) is 0 Å². The van der Waals surface area contributed by atoms with Gasteiger partial charge in [-0.1, -0.05) is 37.0 Å². The molecule has 0 saturated carbocycles. The van der Waals surface area contributed by atoms with Gasteiger partial charge in [-0.25, -0.2) is 0 Å². The van der Waals surface area contributed by atoms with Crippen LogP contribution in [0, 0.1) is 5.92 Å². The Morgan fingerprint density at radius 1 is 1.04 bits per heavy atom. The summed E-state index contributed by atoms with van der Waals surface area (Å²) in [6, 6.07) is 7.62. The van der Waals surface area contributed by atoms with E-state index in [4.69, 9.17) is 47.1 Å². The number of rotatable bonds is 8. The fourth-order valence-electron chi connectivity index (χ4n) is 5.99. The molecule has 1 unspecified atom stereocenters. The Kier molecular flexibility index (Phi) is 8.96. The van der Waals surface area contributed by atoms with Gasteiger partial charge in [-0.2, -0.15) is 0 Å². The lowest BCUT2D eigenvalue weighted by Gasteiger charge is -2.35. The first-order valence-electron chi connectivity index (χ1n) is 15.1. The van der Waals surface area contributed by atoms with Crippen LogP contribution in [-0.2, 0) is 9.53 Å². The SMILES string of the molecule is COc1cc(N2CCO[C@@H](C)C2)c(NC(=O)C(C)C)cc1-c1cc2c(cn1)C=C(c1c(Cl)c(OC)cc(OC)c1Cl)C1NC=CN21. The minimum absolute atomic E-state index is 0.0613. The molecular weight excluding hydrogens is 629 g/mol. The average Bonchev–Trinajstić information content (AvgIpc) is 3.55. The Bertz CT molecular complexity index is 1720. The first-order chi connectivity index (χ1) is 22.1. The minimum Gasteiger partial charge on any atom is -0.496 e. The zero-order valence-corrected chi connectivity index (χ0v) is 28.1. The lowest BCUT2D eigenvalue weighted by Crippen LogP contribution is -2.41. The van der Waals surface area contributed by atoms with Gasteiger partial charge in [0.25, 0.3) is 0 Å². The van der Waals surface area contributed by atoms with E-state index < -0.39 is 0 Å². The first kappa shape index (κ1) is 31.8. The van der Waals surface area contributed by atoms with Crippen LogP contribution in [0.1, 0.15) is 31.9 Å². The molecule has 0 aliphatic carbocycles. The third-order valence-corrected chi connectivity index (χ3v) is 9.13. The van der Waals surface area contributed by atoms with Crippen LogP contribution in [0.4, 0.5) is 17.1 Å². The van der Waals surface area contributed by atoms with E-state index in [0.29, 0.717) is 63.9 Å². The number of halogens is 2. The van der Waals surface area contributed by atoms with E-state index in [1.165, 1.54) is 0 Å². The number of carbonyl (C=O) groups is 1. The maximum Gasteiger partial charge on any atom is 0.226 e. The number of methoxy groups -OCH3 is 3. The zero-order valence-electron chi connectivity index (χ0n) is 26.6. The van der Waals surface area contributed by atoms with Crippen molar-refractivity contribution in [3.8, 4) is 28.5 Å². The van der Waals surface area contributed by atoms with Crippen molar-refractivity contribution in [2.24, 2.45) is 5.92 Å². The van der Waals surface area contributed by atoms with Gasteiger partial charge in [0.1, 0.15) is 23.4 Å². The van der Waals surface area contributed by atoms with E-state index in [0.717, 1.165) is 28.1 Å². The second-order valence-corrected chi connectivity index (χ2v) is 12.4. The van der Waals surface area contributed by atoms with Gasteiger partial charge in [0.05, 0.1) is 66.8 Å². The van der Waals surface area contributed by atoms with Gasteiger partial charge in [0.2, 0.25) is 5.91 Å².